The Morgan fingerprint density at radius 1 is 0.917 bits per heavy atom. The molecule has 8 heteroatoms. The number of aromatic nitrogens is 1. The summed E-state index contributed by atoms with van der Waals surface area (Å²) < 4.78 is 23.2. The normalized spacial score (nSPS) is 10.9. The number of rotatable bonds is 9. The van der Waals surface area contributed by atoms with Gasteiger partial charge in [-0.15, -0.1) is 0 Å². The Bertz CT molecular complexity index is 1350. The first-order valence-electron chi connectivity index (χ1n) is 11.9. The van der Waals surface area contributed by atoms with Crippen molar-refractivity contribution in [1.82, 2.24) is 4.98 Å². The Morgan fingerprint density at radius 2 is 1.56 bits per heavy atom. The second-order valence-corrected chi connectivity index (χ2v) is 8.58. The van der Waals surface area contributed by atoms with Crippen molar-refractivity contribution in [3.8, 4) is 28.7 Å². The lowest BCUT2D eigenvalue weighted by atomic mass is 10.1. The third kappa shape index (κ3) is 5.26. The molecule has 4 rings (SSSR count). The molecule has 1 amide bonds. The SMILES string of the molecule is CCOc1cc(C(=O)Nc2ccc(Cl)c(-c3nc4cc(C)c(C)cc4o3)c2)cc(OCC)c1OCC. The van der Waals surface area contributed by atoms with Gasteiger partial charge in [-0.2, -0.15) is 0 Å². The molecule has 4 aromatic rings. The maximum absolute atomic E-state index is 13.2. The molecule has 0 aliphatic heterocycles. The first-order valence-corrected chi connectivity index (χ1v) is 12.3. The number of oxazole rings is 1. The summed E-state index contributed by atoms with van der Waals surface area (Å²) in [6, 6.07) is 12.4. The van der Waals surface area contributed by atoms with Crippen LogP contribution in [0.5, 0.6) is 17.2 Å². The monoisotopic (exact) mass is 508 g/mol. The lowest BCUT2D eigenvalue weighted by molar-refractivity contribution is 0.102. The largest absolute Gasteiger partial charge is 0.490 e. The van der Waals surface area contributed by atoms with Gasteiger partial charge in [0.2, 0.25) is 11.6 Å². The van der Waals surface area contributed by atoms with Crippen molar-refractivity contribution in [3.63, 3.8) is 0 Å². The van der Waals surface area contributed by atoms with Gasteiger partial charge in [-0.05, 0) is 88.2 Å². The summed E-state index contributed by atoms with van der Waals surface area (Å²) in [6.45, 7) is 10.9. The van der Waals surface area contributed by atoms with Gasteiger partial charge in [-0.3, -0.25) is 4.79 Å². The molecule has 0 saturated carbocycles. The van der Waals surface area contributed by atoms with Gasteiger partial charge in [0.05, 0.1) is 30.4 Å². The first kappa shape index (κ1) is 25.4. The standard InChI is InChI=1S/C28H29ClN2O5/c1-6-33-24-13-18(14-25(34-7-2)26(24)35-8-3)27(32)30-19-9-10-21(29)20(15-19)28-31-22-11-16(4)17(5)12-23(22)36-28/h9-15H,6-8H2,1-5H3,(H,30,32). The average Bonchev–Trinajstić information content (AvgIpc) is 3.25. The van der Waals surface area contributed by atoms with E-state index in [0.29, 0.717) is 70.4 Å². The van der Waals surface area contributed by atoms with Crippen molar-refractivity contribution in [2.45, 2.75) is 34.6 Å². The molecular formula is C28H29ClN2O5. The second kappa shape index (κ2) is 10.9. The molecule has 7 nitrogen and oxygen atoms in total. The van der Waals surface area contributed by atoms with E-state index < -0.39 is 0 Å². The van der Waals surface area contributed by atoms with E-state index >= 15 is 0 Å². The minimum atomic E-state index is -0.336. The van der Waals surface area contributed by atoms with E-state index in [-0.39, 0.29) is 5.91 Å². The molecule has 0 aliphatic carbocycles. The van der Waals surface area contributed by atoms with Gasteiger partial charge in [0.15, 0.2) is 17.1 Å². The number of nitrogens with one attached hydrogen (secondary N) is 1. The van der Waals surface area contributed by atoms with E-state index in [4.69, 9.17) is 30.2 Å². The van der Waals surface area contributed by atoms with Crippen LogP contribution in [0, 0.1) is 13.8 Å². The lowest BCUT2D eigenvalue weighted by Gasteiger charge is -2.17. The molecule has 0 unspecified atom stereocenters. The number of nitrogens with zero attached hydrogens (tertiary/aromatic N) is 1. The van der Waals surface area contributed by atoms with Gasteiger partial charge < -0.3 is 23.9 Å². The van der Waals surface area contributed by atoms with Crippen molar-refractivity contribution in [1.29, 1.82) is 0 Å². The minimum absolute atomic E-state index is 0.336. The van der Waals surface area contributed by atoms with Crippen LogP contribution in [0.4, 0.5) is 5.69 Å². The van der Waals surface area contributed by atoms with Gasteiger partial charge in [0, 0.05) is 11.3 Å². The highest BCUT2D eigenvalue weighted by Crippen LogP contribution is 2.39. The van der Waals surface area contributed by atoms with Crippen molar-refractivity contribution in [2.24, 2.45) is 0 Å². The van der Waals surface area contributed by atoms with Crippen LogP contribution in [0.25, 0.3) is 22.6 Å². The van der Waals surface area contributed by atoms with Gasteiger partial charge >= 0.3 is 0 Å². The van der Waals surface area contributed by atoms with Gasteiger partial charge in [-0.1, -0.05) is 11.6 Å². The molecule has 0 fully saturated rings. The third-order valence-electron chi connectivity index (χ3n) is 5.63. The molecule has 1 heterocycles. The first-order chi connectivity index (χ1) is 17.3. The van der Waals surface area contributed by atoms with E-state index in [1.165, 1.54) is 0 Å². The number of carbonyl (C=O) groups excluding carboxylic acids is 1. The summed E-state index contributed by atoms with van der Waals surface area (Å²) in [7, 11) is 0. The van der Waals surface area contributed by atoms with Crippen LogP contribution < -0.4 is 19.5 Å². The van der Waals surface area contributed by atoms with Crippen molar-refractivity contribution in [3.05, 3.63) is 64.2 Å². The molecule has 0 radical (unpaired) electrons. The number of halogens is 1. The fourth-order valence-corrected chi connectivity index (χ4v) is 3.98. The van der Waals surface area contributed by atoms with Crippen LogP contribution >= 0.6 is 11.6 Å². The van der Waals surface area contributed by atoms with Crippen molar-refractivity contribution in [2.75, 3.05) is 25.1 Å². The summed E-state index contributed by atoms with van der Waals surface area (Å²) in [5.41, 5.74) is 5.17. The topological polar surface area (TPSA) is 82.8 Å². The van der Waals surface area contributed by atoms with E-state index in [1.54, 1.807) is 30.3 Å². The molecule has 0 spiro atoms. The summed E-state index contributed by atoms with van der Waals surface area (Å²) in [4.78, 5) is 17.8. The zero-order valence-corrected chi connectivity index (χ0v) is 21.8. The van der Waals surface area contributed by atoms with Crippen LogP contribution in [0.2, 0.25) is 5.02 Å². The number of aryl methyl sites for hydroxylation is 2. The zero-order chi connectivity index (χ0) is 25.8. The van der Waals surface area contributed by atoms with E-state index in [0.717, 1.165) is 16.6 Å². The van der Waals surface area contributed by atoms with Gasteiger partial charge in [0.1, 0.15) is 5.52 Å². The predicted octanol–water partition coefficient (Wildman–Crippen LogP) is 7.21. The smallest absolute Gasteiger partial charge is 0.255 e. The highest BCUT2D eigenvalue weighted by atomic mass is 35.5. The fraction of sp³-hybridized carbons (Fsp3) is 0.286. The second-order valence-electron chi connectivity index (χ2n) is 8.17. The van der Waals surface area contributed by atoms with Crippen molar-refractivity contribution >= 4 is 34.3 Å². The maximum atomic E-state index is 13.2. The van der Waals surface area contributed by atoms with Crippen LogP contribution in [0.3, 0.4) is 0 Å². The van der Waals surface area contributed by atoms with Crippen LogP contribution in [0.15, 0.2) is 46.9 Å². The Morgan fingerprint density at radius 3 is 2.19 bits per heavy atom. The molecule has 1 N–H and O–H groups in total. The van der Waals surface area contributed by atoms with Gasteiger partial charge in [0.25, 0.3) is 5.91 Å². The Balaban J connectivity index is 1.66. The lowest BCUT2D eigenvalue weighted by Crippen LogP contribution is -2.13. The third-order valence-corrected chi connectivity index (χ3v) is 5.96. The number of benzene rings is 3. The van der Waals surface area contributed by atoms with Gasteiger partial charge in [-0.25, -0.2) is 4.98 Å². The van der Waals surface area contributed by atoms with Crippen LogP contribution in [-0.2, 0) is 0 Å². The van der Waals surface area contributed by atoms with E-state index in [9.17, 15) is 4.79 Å². The molecule has 3 aromatic carbocycles. The van der Waals surface area contributed by atoms with E-state index in [1.807, 2.05) is 46.8 Å². The molecule has 0 saturated heterocycles. The summed E-state index contributed by atoms with van der Waals surface area (Å²) in [5, 5.41) is 3.38. The zero-order valence-electron chi connectivity index (χ0n) is 21.0. The molecule has 0 aliphatic rings. The Hall–Kier alpha value is -3.71. The molecular weight excluding hydrogens is 480 g/mol. The number of carbonyl (C=O) groups is 1. The number of amides is 1. The Labute approximate surface area is 215 Å². The molecule has 188 valence electrons. The summed E-state index contributed by atoms with van der Waals surface area (Å²) >= 11 is 6.47. The number of fused-ring (bicyclic) bond motifs is 1. The quantitative estimate of drug-likeness (QED) is 0.257. The number of anilines is 1. The van der Waals surface area contributed by atoms with Crippen LogP contribution in [-0.4, -0.2) is 30.7 Å². The summed E-state index contributed by atoms with van der Waals surface area (Å²) in [6.07, 6.45) is 0. The number of hydrogen-bond donors (Lipinski definition) is 1. The predicted molar refractivity (Wildman–Crippen MR) is 142 cm³/mol. The highest BCUT2D eigenvalue weighted by molar-refractivity contribution is 6.33. The highest BCUT2D eigenvalue weighted by Gasteiger charge is 2.19. The van der Waals surface area contributed by atoms with Crippen LogP contribution in [0.1, 0.15) is 42.3 Å². The number of ether oxygens (including phenoxy) is 3. The van der Waals surface area contributed by atoms with E-state index in [2.05, 4.69) is 10.3 Å². The Kier molecular flexibility index (Phi) is 7.70. The summed E-state index contributed by atoms with van der Waals surface area (Å²) in [5.74, 6) is 1.42. The van der Waals surface area contributed by atoms with Crippen molar-refractivity contribution < 1.29 is 23.4 Å². The minimum Gasteiger partial charge on any atom is -0.490 e. The molecule has 0 atom stereocenters. The fourth-order valence-electron chi connectivity index (χ4n) is 3.79. The number of hydrogen-bond acceptors (Lipinski definition) is 6. The molecule has 36 heavy (non-hydrogen) atoms. The molecule has 1 aromatic heterocycles. The average molecular weight is 509 g/mol. The molecule has 0 bridgehead atoms. The maximum Gasteiger partial charge on any atom is 0.255 e.